The van der Waals surface area contributed by atoms with Gasteiger partial charge >= 0.3 is 5.97 Å². The molecule has 0 bridgehead atoms. The van der Waals surface area contributed by atoms with E-state index in [9.17, 15) is 9.90 Å². The Morgan fingerprint density at radius 3 is 2.58 bits per heavy atom. The number of rotatable bonds is 7. The molecule has 1 unspecified atom stereocenters. The van der Waals surface area contributed by atoms with Gasteiger partial charge in [-0.1, -0.05) is 11.6 Å². The molecule has 1 rings (SSSR count). The lowest BCUT2D eigenvalue weighted by atomic mass is 9.99. The van der Waals surface area contributed by atoms with Gasteiger partial charge in [0.2, 0.25) is 0 Å². The summed E-state index contributed by atoms with van der Waals surface area (Å²) in [7, 11) is 0. The SMILES string of the molecule is CCOC(=O)CC(C)(O)CCOc1ccc(Cl)cc1. The fourth-order valence-corrected chi connectivity index (χ4v) is 1.66. The Labute approximate surface area is 118 Å². The summed E-state index contributed by atoms with van der Waals surface area (Å²) in [5.74, 6) is 0.273. The van der Waals surface area contributed by atoms with Crippen molar-refractivity contribution < 1.29 is 19.4 Å². The van der Waals surface area contributed by atoms with Crippen LogP contribution in [0.25, 0.3) is 0 Å². The van der Waals surface area contributed by atoms with Crippen molar-refractivity contribution in [2.24, 2.45) is 0 Å². The van der Waals surface area contributed by atoms with Gasteiger partial charge in [0.05, 0.1) is 25.2 Å². The molecule has 0 heterocycles. The van der Waals surface area contributed by atoms with Gasteiger partial charge in [0.1, 0.15) is 5.75 Å². The Bertz CT molecular complexity index is 400. The predicted octanol–water partition coefficient (Wildman–Crippen LogP) is 2.81. The molecule has 4 nitrogen and oxygen atoms in total. The van der Waals surface area contributed by atoms with Crippen LogP contribution in [-0.4, -0.2) is 29.9 Å². The van der Waals surface area contributed by atoms with Crippen molar-refractivity contribution >= 4 is 17.6 Å². The number of carbonyl (C=O) groups excluding carboxylic acids is 1. The first-order valence-corrected chi connectivity index (χ1v) is 6.57. The first kappa shape index (κ1) is 15.8. The van der Waals surface area contributed by atoms with Crippen molar-refractivity contribution in [3.63, 3.8) is 0 Å². The van der Waals surface area contributed by atoms with E-state index in [4.69, 9.17) is 21.1 Å². The van der Waals surface area contributed by atoms with Crippen LogP contribution in [0.15, 0.2) is 24.3 Å². The molecule has 0 aromatic heterocycles. The second-order valence-electron chi connectivity index (χ2n) is 4.53. The Balaban J connectivity index is 2.34. The van der Waals surface area contributed by atoms with Crippen LogP contribution in [-0.2, 0) is 9.53 Å². The Morgan fingerprint density at radius 1 is 1.37 bits per heavy atom. The quantitative estimate of drug-likeness (QED) is 0.783. The smallest absolute Gasteiger partial charge is 0.308 e. The zero-order valence-electron chi connectivity index (χ0n) is 11.2. The lowest BCUT2D eigenvalue weighted by Gasteiger charge is -2.22. The number of aliphatic hydroxyl groups is 1. The minimum absolute atomic E-state index is 0.0369. The maximum Gasteiger partial charge on any atom is 0.308 e. The molecular weight excluding hydrogens is 268 g/mol. The third kappa shape index (κ3) is 6.45. The molecule has 1 atom stereocenters. The average Bonchev–Trinajstić information content (AvgIpc) is 2.31. The molecule has 0 radical (unpaired) electrons. The van der Waals surface area contributed by atoms with Crippen molar-refractivity contribution in [3.8, 4) is 5.75 Å². The highest BCUT2D eigenvalue weighted by atomic mass is 35.5. The van der Waals surface area contributed by atoms with E-state index in [2.05, 4.69) is 0 Å². The fourth-order valence-electron chi connectivity index (χ4n) is 1.53. The second kappa shape index (κ2) is 7.36. The summed E-state index contributed by atoms with van der Waals surface area (Å²) in [6.45, 7) is 3.95. The molecule has 1 aromatic carbocycles. The lowest BCUT2D eigenvalue weighted by Crippen LogP contribution is -2.30. The molecule has 0 aliphatic heterocycles. The number of hydrogen-bond acceptors (Lipinski definition) is 4. The molecule has 1 N–H and O–H groups in total. The van der Waals surface area contributed by atoms with E-state index in [-0.39, 0.29) is 6.42 Å². The van der Waals surface area contributed by atoms with E-state index < -0.39 is 11.6 Å². The number of ether oxygens (including phenoxy) is 2. The van der Waals surface area contributed by atoms with E-state index in [1.165, 1.54) is 0 Å². The van der Waals surface area contributed by atoms with Gasteiger partial charge in [0.25, 0.3) is 0 Å². The third-order valence-corrected chi connectivity index (χ3v) is 2.81. The predicted molar refractivity (Wildman–Crippen MR) is 73.4 cm³/mol. The van der Waals surface area contributed by atoms with E-state index in [1.807, 2.05) is 0 Å². The molecule has 19 heavy (non-hydrogen) atoms. The van der Waals surface area contributed by atoms with E-state index in [0.717, 1.165) is 0 Å². The van der Waals surface area contributed by atoms with Crippen LogP contribution in [0.3, 0.4) is 0 Å². The lowest BCUT2D eigenvalue weighted by molar-refractivity contribution is -0.148. The van der Waals surface area contributed by atoms with Gasteiger partial charge in [0.15, 0.2) is 0 Å². The highest BCUT2D eigenvalue weighted by Gasteiger charge is 2.25. The number of carbonyl (C=O) groups is 1. The zero-order valence-corrected chi connectivity index (χ0v) is 11.9. The van der Waals surface area contributed by atoms with Gasteiger partial charge in [-0.2, -0.15) is 0 Å². The average molecular weight is 287 g/mol. The highest BCUT2D eigenvalue weighted by Crippen LogP contribution is 2.19. The molecule has 106 valence electrons. The number of esters is 1. The molecule has 0 spiro atoms. The van der Waals surface area contributed by atoms with Gasteiger partial charge < -0.3 is 14.6 Å². The van der Waals surface area contributed by atoms with E-state index in [0.29, 0.717) is 30.4 Å². The van der Waals surface area contributed by atoms with Gasteiger partial charge in [-0.05, 0) is 38.1 Å². The van der Waals surface area contributed by atoms with Crippen molar-refractivity contribution in [2.75, 3.05) is 13.2 Å². The molecule has 0 amide bonds. The molecule has 0 aliphatic rings. The minimum atomic E-state index is -1.13. The summed E-state index contributed by atoms with van der Waals surface area (Å²) in [6, 6.07) is 6.96. The van der Waals surface area contributed by atoms with Crippen molar-refractivity contribution in [1.82, 2.24) is 0 Å². The van der Waals surface area contributed by atoms with Crippen molar-refractivity contribution in [3.05, 3.63) is 29.3 Å². The van der Waals surface area contributed by atoms with Gasteiger partial charge in [-0.25, -0.2) is 0 Å². The molecule has 0 fully saturated rings. The highest BCUT2D eigenvalue weighted by molar-refractivity contribution is 6.30. The van der Waals surface area contributed by atoms with Crippen LogP contribution >= 0.6 is 11.6 Å². The van der Waals surface area contributed by atoms with Gasteiger partial charge in [-0.15, -0.1) is 0 Å². The van der Waals surface area contributed by atoms with Crippen molar-refractivity contribution in [2.45, 2.75) is 32.3 Å². The van der Waals surface area contributed by atoms with E-state index >= 15 is 0 Å². The second-order valence-corrected chi connectivity index (χ2v) is 4.97. The van der Waals surface area contributed by atoms with Crippen LogP contribution < -0.4 is 4.74 Å². The van der Waals surface area contributed by atoms with E-state index in [1.54, 1.807) is 38.1 Å². The number of halogens is 1. The molecule has 1 aromatic rings. The van der Waals surface area contributed by atoms with Crippen LogP contribution in [0.1, 0.15) is 26.7 Å². The fraction of sp³-hybridized carbons (Fsp3) is 0.500. The summed E-state index contributed by atoms with van der Waals surface area (Å²) in [6.07, 6.45) is 0.305. The van der Waals surface area contributed by atoms with Crippen LogP contribution in [0.2, 0.25) is 5.02 Å². The largest absolute Gasteiger partial charge is 0.493 e. The molecular formula is C14H19ClO4. The van der Waals surface area contributed by atoms with Gasteiger partial charge in [-0.3, -0.25) is 4.79 Å². The number of hydrogen-bond donors (Lipinski definition) is 1. The summed E-state index contributed by atoms with van der Waals surface area (Å²) in [4.78, 5) is 11.3. The first-order chi connectivity index (χ1) is 8.93. The summed E-state index contributed by atoms with van der Waals surface area (Å²) in [5, 5.41) is 10.7. The maximum absolute atomic E-state index is 11.3. The normalized spacial score (nSPS) is 13.7. The zero-order chi connectivity index (χ0) is 14.3. The van der Waals surface area contributed by atoms with Crippen LogP contribution in [0, 0.1) is 0 Å². The summed E-state index contributed by atoms with van der Waals surface area (Å²) >= 11 is 5.76. The van der Waals surface area contributed by atoms with Crippen LogP contribution in [0.4, 0.5) is 0 Å². The Kier molecular flexibility index (Phi) is 6.12. The Hall–Kier alpha value is -1.26. The number of benzene rings is 1. The third-order valence-electron chi connectivity index (χ3n) is 2.55. The summed E-state index contributed by atoms with van der Waals surface area (Å²) in [5.41, 5.74) is -1.13. The standard InChI is InChI=1S/C14H19ClO4/c1-3-18-13(16)10-14(2,17)8-9-19-12-6-4-11(15)5-7-12/h4-7,17H,3,8-10H2,1-2H3. The topological polar surface area (TPSA) is 55.8 Å². The van der Waals surface area contributed by atoms with Crippen LogP contribution in [0.5, 0.6) is 5.75 Å². The van der Waals surface area contributed by atoms with Gasteiger partial charge in [0, 0.05) is 11.4 Å². The Morgan fingerprint density at radius 2 is 2.00 bits per heavy atom. The monoisotopic (exact) mass is 286 g/mol. The minimum Gasteiger partial charge on any atom is -0.493 e. The molecule has 0 saturated carbocycles. The molecule has 0 aliphatic carbocycles. The van der Waals surface area contributed by atoms with Crippen molar-refractivity contribution in [1.29, 1.82) is 0 Å². The molecule has 0 saturated heterocycles. The maximum atomic E-state index is 11.3. The molecule has 5 heteroatoms. The first-order valence-electron chi connectivity index (χ1n) is 6.19. The summed E-state index contributed by atoms with van der Waals surface area (Å²) < 4.78 is 10.3.